The van der Waals surface area contributed by atoms with Crippen LogP contribution in [0.2, 0.25) is 0 Å². The van der Waals surface area contributed by atoms with Gasteiger partial charge in [-0.3, -0.25) is 0 Å². The number of benzene rings is 2. The molecule has 0 aliphatic rings. The highest BCUT2D eigenvalue weighted by molar-refractivity contribution is 5.84. The van der Waals surface area contributed by atoms with Crippen molar-refractivity contribution in [2.75, 3.05) is 5.32 Å². The molecule has 0 bridgehead atoms. The third-order valence-electron chi connectivity index (χ3n) is 3.34. The Labute approximate surface area is 121 Å². The molecule has 0 fully saturated rings. The smallest absolute Gasteiger partial charge is 0.333 e. The van der Waals surface area contributed by atoms with Gasteiger partial charge >= 0.3 is 5.97 Å². The lowest BCUT2D eigenvalue weighted by Gasteiger charge is -2.28. The number of hydrogen-bond acceptors (Lipinski definition) is 2. The van der Waals surface area contributed by atoms with Crippen molar-refractivity contribution in [3.05, 3.63) is 65.2 Å². The number of rotatable bonds is 4. The van der Waals surface area contributed by atoms with Crippen LogP contribution in [0.25, 0.3) is 0 Å². The third kappa shape index (κ3) is 3.02. The Morgan fingerprint density at radius 2 is 1.76 bits per heavy atom. The van der Waals surface area contributed by atoms with Crippen LogP contribution >= 0.6 is 0 Å². The van der Waals surface area contributed by atoms with Crippen molar-refractivity contribution in [1.82, 2.24) is 0 Å². The maximum Gasteiger partial charge on any atom is 0.333 e. The fourth-order valence-corrected chi connectivity index (χ4v) is 2.04. The Kier molecular flexibility index (Phi) is 3.93. The average molecular weight is 291 g/mol. The Morgan fingerprint density at radius 1 is 1.14 bits per heavy atom. The van der Waals surface area contributed by atoms with Crippen LogP contribution in [0.1, 0.15) is 18.1 Å². The van der Waals surface area contributed by atoms with E-state index in [1.807, 2.05) is 6.92 Å². The zero-order chi connectivity index (χ0) is 15.6. The van der Waals surface area contributed by atoms with Gasteiger partial charge in [-0.25, -0.2) is 13.6 Å². The van der Waals surface area contributed by atoms with Gasteiger partial charge in [0.25, 0.3) is 0 Å². The lowest BCUT2D eigenvalue weighted by molar-refractivity contribution is -0.142. The highest BCUT2D eigenvalue weighted by Gasteiger charge is 2.38. The van der Waals surface area contributed by atoms with Crippen molar-refractivity contribution >= 4 is 11.7 Å². The Morgan fingerprint density at radius 3 is 2.33 bits per heavy atom. The van der Waals surface area contributed by atoms with Crippen molar-refractivity contribution in [3.63, 3.8) is 0 Å². The van der Waals surface area contributed by atoms with Gasteiger partial charge in [-0.15, -0.1) is 0 Å². The summed E-state index contributed by atoms with van der Waals surface area (Å²) < 4.78 is 27.3. The van der Waals surface area contributed by atoms with Crippen molar-refractivity contribution < 1.29 is 18.7 Å². The number of aryl methyl sites for hydroxylation is 1. The molecule has 0 saturated carbocycles. The second kappa shape index (κ2) is 5.52. The third-order valence-corrected chi connectivity index (χ3v) is 3.34. The first-order chi connectivity index (χ1) is 9.83. The molecular formula is C16H15F2NO2. The summed E-state index contributed by atoms with van der Waals surface area (Å²) in [5, 5.41) is 12.2. The lowest BCUT2D eigenvalue weighted by atomic mass is 9.91. The summed E-state index contributed by atoms with van der Waals surface area (Å²) in [6.07, 6.45) is 0. The van der Waals surface area contributed by atoms with Gasteiger partial charge in [0.05, 0.1) is 0 Å². The number of nitrogens with one attached hydrogen (secondary N) is 1. The van der Waals surface area contributed by atoms with Crippen molar-refractivity contribution in [3.8, 4) is 0 Å². The predicted molar refractivity (Wildman–Crippen MR) is 76.1 cm³/mol. The minimum absolute atomic E-state index is 0.254. The molecule has 0 radical (unpaired) electrons. The van der Waals surface area contributed by atoms with E-state index in [4.69, 9.17) is 0 Å². The van der Waals surface area contributed by atoms with Gasteiger partial charge in [0, 0.05) is 11.3 Å². The summed E-state index contributed by atoms with van der Waals surface area (Å²) in [4.78, 5) is 11.6. The second-order valence-electron chi connectivity index (χ2n) is 5.05. The fourth-order valence-electron chi connectivity index (χ4n) is 2.04. The van der Waals surface area contributed by atoms with E-state index in [0.29, 0.717) is 5.69 Å². The maximum absolute atomic E-state index is 13.9. The summed E-state index contributed by atoms with van der Waals surface area (Å²) in [6.45, 7) is 3.19. The van der Waals surface area contributed by atoms with Gasteiger partial charge in [-0.1, -0.05) is 17.7 Å². The molecular weight excluding hydrogens is 276 g/mol. The quantitative estimate of drug-likeness (QED) is 0.903. The van der Waals surface area contributed by atoms with Gasteiger partial charge < -0.3 is 10.4 Å². The minimum Gasteiger partial charge on any atom is -0.479 e. The highest BCUT2D eigenvalue weighted by Crippen LogP contribution is 2.29. The van der Waals surface area contributed by atoms with E-state index >= 15 is 0 Å². The molecule has 2 rings (SSSR count). The number of aliphatic carboxylic acids is 1. The van der Waals surface area contributed by atoms with E-state index in [0.717, 1.165) is 23.8 Å². The lowest BCUT2D eigenvalue weighted by Crippen LogP contribution is -2.41. The molecule has 2 N–H and O–H groups in total. The molecule has 0 heterocycles. The number of halogens is 2. The van der Waals surface area contributed by atoms with Crippen LogP contribution in [0.3, 0.4) is 0 Å². The maximum atomic E-state index is 13.9. The number of carboxylic acids is 1. The van der Waals surface area contributed by atoms with Crippen molar-refractivity contribution in [2.24, 2.45) is 0 Å². The molecule has 0 saturated heterocycles. The molecule has 0 spiro atoms. The van der Waals surface area contributed by atoms with Gasteiger partial charge in [-0.05, 0) is 44.2 Å². The second-order valence-corrected chi connectivity index (χ2v) is 5.05. The average Bonchev–Trinajstić information content (AvgIpc) is 2.43. The van der Waals surface area contributed by atoms with Crippen LogP contribution in [0.4, 0.5) is 14.5 Å². The molecule has 110 valence electrons. The van der Waals surface area contributed by atoms with Crippen LogP contribution in [0.5, 0.6) is 0 Å². The Hall–Kier alpha value is -2.43. The zero-order valence-corrected chi connectivity index (χ0v) is 11.7. The molecule has 5 heteroatoms. The highest BCUT2D eigenvalue weighted by atomic mass is 19.1. The molecule has 0 aromatic heterocycles. The summed E-state index contributed by atoms with van der Waals surface area (Å²) in [6, 6.07) is 9.74. The summed E-state index contributed by atoms with van der Waals surface area (Å²) in [5.74, 6) is -2.77. The van der Waals surface area contributed by atoms with Crippen molar-refractivity contribution in [1.29, 1.82) is 0 Å². The first kappa shape index (κ1) is 15.0. The van der Waals surface area contributed by atoms with Crippen molar-refractivity contribution in [2.45, 2.75) is 19.4 Å². The normalized spacial score (nSPS) is 13.5. The number of hydrogen-bond donors (Lipinski definition) is 2. The summed E-state index contributed by atoms with van der Waals surface area (Å²) >= 11 is 0. The van der Waals surface area contributed by atoms with Crippen LogP contribution in [-0.4, -0.2) is 11.1 Å². The predicted octanol–water partition coefficient (Wildman–Crippen LogP) is 3.69. The number of carboxylic acid groups (broad SMARTS) is 1. The number of carbonyl (C=O) groups is 1. The standard InChI is InChI=1S/C16H15F2NO2/c1-10-3-6-12(7-4-10)19-16(2,15(20)21)13-9-11(17)5-8-14(13)18/h3-9,19H,1-2H3,(H,20,21). The number of anilines is 1. The summed E-state index contributed by atoms with van der Waals surface area (Å²) in [5.41, 5.74) is -0.513. The van der Waals surface area contributed by atoms with E-state index < -0.39 is 23.1 Å². The van der Waals surface area contributed by atoms with Gasteiger partial charge in [0.1, 0.15) is 11.6 Å². The molecule has 3 nitrogen and oxygen atoms in total. The van der Waals surface area contributed by atoms with Crippen LogP contribution in [-0.2, 0) is 10.3 Å². The van der Waals surface area contributed by atoms with E-state index in [2.05, 4.69) is 5.32 Å². The van der Waals surface area contributed by atoms with Gasteiger partial charge in [0.2, 0.25) is 0 Å². The van der Waals surface area contributed by atoms with E-state index in [1.54, 1.807) is 24.3 Å². The molecule has 2 aromatic rings. The minimum atomic E-state index is -1.78. The Bertz CT molecular complexity index is 670. The molecule has 0 amide bonds. The molecule has 0 aliphatic heterocycles. The topological polar surface area (TPSA) is 49.3 Å². The Balaban J connectivity index is 2.47. The van der Waals surface area contributed by atoms with Crippen LogP contribution in [0, 0.1) is 18.6 Å². The SMILES string of the molecule is Cc1ccc(NC(C)(C(=O)O)c2cc(F)ccc2F)cc1. The van der Waals surface area contributed by atoms with Gasteiger partial charge in [0.15, 0.2) is 5.54 Å². The van der Waals surface area contributed by atoms with E-state index in [-0.39, 0.29) is 5.56 Å². The first-order valence-corrected chi connectivity index (χ1v) is 6.37. The summed E-state index contributed by atoms with van der Waals surface area (Å²) in [7, 11) is 0. The largest absolute Gasteiger partial charge is 0.479 e. The monoisotopic (exact) mass is 291 g/mol. The molecule has 2 aromatic carbocycles. The molecule has 0 aliphatic carbocycles. The van der Waals surface area contributed by atoms with Crippen LogP contribution < -0.4 is 5.32 Å². The fraction of sp³-hybridized carbons (Fsp3) is 0.188. The van der Waals surface area contributed by atoms with Gasteiger partial charge in [-0.2, -0.15) is 0 Å². The van der Waals surface area contributed by atoms with E-state index in [1.165, 1.54) is 6.92 Å². The first-order valence-electron chi connectivity index (χ1n) is 6.37. The molecule has 21 heavy (non-hydrogen) atoms. The zero-order valence-electron chi connectivity index (χ0n) is 11.7. The molecule has 1 unspecified atom stereocenters. The van der Waals surface area contributed by atoms with Crippen LogP contribution in [0.15, 0.2) is 42.5 Å². The van der Waals surface area contributed by atoms with E-state index in [9.17, 15) is 18.7 Å². The molecule has 1 atom stereocenters.